The molecule has 2 aromatic carbocycles. The van der Waals surface area contributed by atoms with Crippen LogP contribution in [0.1, 0.15) is 31.4 Å². The topological polar surface area (TPSA) is 64.6 Å². The molecule has 0 aliphatic carbocycles. The SMILES string of the molecule is CC(C)CN1C[C@H](NCc2cc(Cl)ccc2O)C[C@H]1C(=O)NCCc1ccccc1F. The monoisotopic (exact) mass is 447 g/mol. The van der Waals surface area contributed by atoms with Crippen molar-refractivity contribution in [3.8, 4) is 5.75 Å². The second kappa shape index (κ2) is 10.9. The van der Waals surface area contributed by atoms with Crippen LogP contribution in [0.2, 0.25) is 5.02 Å². The number of phenols is 1. The Hall–Kier alpha value is -2.15. The molecule has 7 heteroatoms. The number of carbonyl (C=O) groups is 1. The van der Waals surface area contributed by atoms with Crippen LogP contribution >= 0.6 is 11.6 Å². The maximum Gasteiger partial charge on any atom is 0.237 e. The molecule has 1 amide bonds. The van der Waals surface area contributed by atoms with Gasteiger partial charge < -0.3 is 15.7 Å². The summed E-state index contributed by atoms with van der Waals surface area (Å²) >= 11 is 6.04. The van der Waals surface area contributed by atoms with Gasteiger partial charge in [0.2, 0.25) is 5.91 Å². The van der Waals surface area contributed by atoms with Crippen LogP contribution in [0.25, 0.3) is 0 Å². The highest BCUT2D eigenvalue weighted by Gasteiger charge is 2.36. The fourth-order valence-corrected chi connectivity index (χ4v) is 4.28. The number of nitrogens with one attached hydrogen (secondary N) is 2. The van der Waals surface area contributed by atoms with E-state index in [1.54, 1.807) is 36.4 Å². The summed E-state index contributed by atoms with van der Waals surface area (Å²) in [4.78, 5) is 15.1. The minimum absolute atomic E-state index is 0.0214. The quantitative estimate of drug-likeness (QED) is 0.548. The molecule has 168 valence electrons. The van der Waals surface area contributed by atoms with Gasteiger partial charge in [-0.25, -0.2) is 4.39 Å². The van der Waals surface area contributed by atoms with Crippen molar-refractivity contribution in [2.75, 3.05) is 19.6 Å². The molecule has 3 rings (SSSR count). The van der Waals surface area contributed by atoms with Gasteiger partial charge in [-0.1, -0.05) is 43.6 Å². The Kier molecular flexibility index (Phi) is 8.29. The predicted molar refractivity (Wildman–Crippen MR) is 122 cm³/mol. The zero-order chi connectivity index (χ0) is 22.4. The van der Waals surface area contributed by atoms with Crippen LogP contribution in [0.15, 0.2) is 42.5 Å². The summed E-state index contributed by atoms with van der Waals surface area (Å²) in [6, 6.07) is 11.5. The third-order valence-corrected chi connectivity index (χ3v) is 5.81. The minimum Gasteiger partial charge on any atom is -0.508 e. The first-order valence-corrected chi connectivity index (χ1v) is 11.2. The number of rotatable bonds is 9. The maximum absolute atomic E-state index is 13.8. The van der Waals surface area contributed by atoms with Crippen LogP contribution in [0, 0.1) is 11.7 Å². The zero-order valence-electron chi connectivity index (χ0n) is 18.1. The Labute approximate surface area is 188 Å². The predicted octanol–water partition coefficient (Wildman–Crippen LogP) is 3.73. The van der Waals surface area contributed by atoms with Crippen molar-refractivity contribution in [2.24, 2.45) is 5.92 Å². The summed E-state index contributed by atoms with van der Waals surface area (Å²) in [5.41, 5.74) is 1.34. The third-order valence-electron chi connectivity index (χ3n) is 5.58. The normalized spacial score (nSPS) is 19.1. The molecule has 3 N–H and O–H groups in total. The van der Waals surface area contributed by atoms with Crippen molar-refractivity contribution in [1.82, 2.24) is 15.5 Å². The smallest absolute Gasteiger partial charge is 0.237 e. The fraction of sp³-hybridized carbons (Fsp3) is 0.458. The van der Waals surface area contributed by atoms with Gasteiger partial charge in [-0.2, -0.15) is 0 Å². The fourth-order valence-electron chi connectivity index (χ4n) is 4.08. The lowest BCUT2D eigenvalue weighted by molar-refractivity contribution is -0.125. The van der Waals surface area contributed by atoms with E-state index in [1.165, 1.54) is 6.07 Å². The van der Waals surface area contributed by atoms with E-state index in [4.69, 9.17) is 11.6 Å². The van der Waals surface area contributed by atoms with Crippen LogP contribution < -0.4 is 10.6 Å². The lowest BCUT2D eigenvalue weighted by Gasteiger charge is -2.25. The van der Waals surface area contributed by atoms with Gasteiger partial charge in [-0.05, 0) is 48.6 Å². The minimum atomic E-state index is -0.243. The molecule has 2 aromatic rings. The number of benzene rings is 2. The zero-order valence-corrected chi connectivity index (χ0v) is 18.8. The van der Waals surface area contributed by atoms with E-state index in [9.17, 15) is 14.3 Å². The molecule has 1 aliphatic heterocycles. The number of aromatic hydroxyl groups is 1. The highest BCUT2D eigenvalue weighted by Crippen LogP contribution is 2.24. The molecule has 1 aliphatic rings. The lowest BCUT2D eigenvalue weighted by Crippen LogP contribution is -2.45. The molecule has 0 saturated carbocycles. The molecule has 1 heterocycles. The first-order chi connectivity index (χ1) is 14.8. The van der Waals surface area contributed by atoms with E-state index in [1.807, 2.05) is 0 Å². The average Bonchev–Trinajstić information content (AvgIpc) is 3.12. The van der Waals surface area contributed by atoms with Crippen LogP contribution in [0.4, 0.5) is 4.39 Å². The van der Waals surface area contributed by atoms with Gasteiger partial charge in [-0.3, -0.25) is 9.69 Å². The molecule has 31 heavy (non-hydrogen) atoms. The number of hydrogen-bond donors (Lipinski definition) is 3. The van der Waals surface area contributed by atoms with Crippen molar-refractivity contribution in [1.29, 1.82) is 0 Å². The Bertz CT molecular complexity index is 893. The van der Waals surface area contributed by atoms with Crippen molar-refractivity contribution < 1.29 is 14.3 Å². The summed E-state index contributed by atoms with van der Waals surface area (Å²) in [5.74, 6) is 0.375. The van der Waals surface area contributed by atoms with Gasteiger partial charge in [0.15, 0.2) is 0 Å². The van der Waals surface area contributed by atoms with Crippen molar-refractivity contribution >= 4 is 17.5 Å². The number of nitrogens with zero attached hydrogens (tertiary/aromatic N) is 1. The summed E-state index contributed by atoms with van der Waals surface area (Å²) in [7, 11) is 0. The van der Waals surface area contributed by atoms with Crippen LogP contribution in [0.3, 0.4) is 0 Å². The second-order valence-corrected chi connectivity index (χ2v) is 9.02. The number of halogens is 2. The van der Waals surface area contributed by atoms with Crippen molar-refractivity contribution in [3.05, 3.63) is 64.4 Å². The van der Waals surface area contributed by atoms with Gasteiger partial charge in [0, 0.05) is 42.8 Å². The standard InChI is InChI=1S/C24H31ClFN3O2/c1-16(2)14-29-15-20(28-13-18-11-19(25)7-8-23(18)30)12-22(29)24(31)27-10-9-17-5-3-4-6-21(17)26/h3-8,11,16,20,22,28,30H,9-10,12-15H2,1-2H3,(H,27,31)/t20-,22+/m1/s1. The number of carbonyl (C=O) groups excluding carboxylic acids is 1. The molecule has 0 spiro atoms. The Balaban J connectivity index is 1.56. The molecule has 1 fully saturated rings. The number of hydrogen-bond acceptors (Lipinski definition) is 4. The first-order valence-electron chi connectivity index (χ1n) is 10.8. The molecule has 1 saturated heterocycles. The molecule has 5 nitrogen and oxygen atoms in total. The van der Waals surface area contributed by atoms with E-state index in [-0.39, 0.29) is 29.6 Å². The van der Waals surface area contributed by atoms with Crippen LogP contribution in [0.5, 0.6) is 5.75 Å². The molecule has 0 unspecified atom stereocenters. The summed E-state index contributed by atoms with van der Waals surface area (Å²) in [5, 5.41) is 17.0. The summed E-state index contributed by atoms with van der Waals surface area (Å²) in [6.45, 7) is 6.74. The average molecular weight is 448 g/mol. The van der Waals surface area contributed by atoms with E-state index in [0.717, 1.165) is 18.7 Å². The second-order valence-electron chi connectivity index (χ2n) is 8.58. The van der Waals surface area contributed by atoms with Crippen LogP contribution in [-0.4, -0.2) is 47.6 Å². The maximum atomic E-state index is 13.8. The van der Waals surface area contributed by atoms with E-state index >= 15 is 0 Å². The largest absolute Gasteiger partial charge is 0.508 e. The first kappa shape index (κ1) is 23.5. The van der Waals surface area contributed by atoms with Gasteiger partial charge in [0.05, 0.1) is 6.04 Å². The molecule has 0 radical (unpaired) electrons. The lowest BCUT2D eigenvalue weighted by atomic mass is 10.1. The molecule has 0 aromatic heterocycles. The number of phenolic OH excluding ortho intramolecular Hbond substituents is 1. The van der Waals surface area contributed by atoms with Gasteiger partial charge in [-0.15, -0.1) is 0 Å². The van der Waals surface area contributed by atoms with Gasteiger partial charge in [0.1, 0.15) is 11.6 Å². The van der Waals surface area contributed by atoms with Crippen molar-refractivity contribution in [2.45, 2.75) is 45.3 Å². The number of likely N-dealkylation sites (tertiary alicyclic amines) is 1. The molecular formula is C24H31ClFN3O2. The Morgan fingerprint density at radius 1 is 1.26 bits per heavy atom. The number of amides is 1. The highest BCUT2D eigenvalue weighted by molar-refractivity contribution is 6.30. The molecule has 0 bridgehead atoms. The molecule has 2 atom stereocenters. The van der Waals surface area contributed by atoms with E-state index in [2.05, 4.69) is 29.4 Å². The summed E-state index contributed by atoms with van der Waals surface area (Å²) in [6.07, 6.45) is 1.14. The summed E-state index contributed by atoms with van der Waals surface area (Å²) < 4.78 is 13.8. The van der Waals surface area contributed by atoms with E-state index < -0.39 is 0 Å². The Morgan fingerprint density at radius 3 is 2.77 bits per heavy atom. The van der Waals surface area contributed by atoms with Gasteiger partial charge in [0.25, 0.3) is 0 Å². The Morgan fingerprint density at radius 2 is 2.03 bits per heavy atom. The van der Waals surface area contributed by atoms with Crippen molar-refractivity contribution in [3.63, 3.8) is 0 Å². The van der Waals surface area contributed by atoms with Crippen LogP contribution in [-0.2, 0) is 17.8 Å². The third kappa shape index (κ3) is 6.66. The molecular weight excluding hydrogens is 417 g/mol. The van der Waals surface area contributed by atoms with Gasteiger partial charge >= 0.3 is 0 Å². The van der Waals surface area contributed by atoms with E-state index in [0.29, 0.717) is 42.4 Å². The highest BCUT2D eigenvalue weighted by atomic mass is 35.5.